The van der Waals surface area contributed by atoms with Crippen molar-refractivity contribution in [3.8, 4) is 22.9 Å². The largest absolute Gasteiger partial charge is 0.433 e. The quantitative estimate of drug-likeness (QED) is 0.618. The van der Waals surface area contributed by atoms with Crippen LogP contribution in [0.3, 0.4) is 0 Å². The van der Waals surface area contributed by atoms with Crippen molar-refractivity contribution in [2.75, 3.05) is 25.9 Å². The minimum Gasteiger partial charge on any atom is -0.433 e. The zero-order valence-corrected chi connectivity index (χ0v) is 19.0. The van der Waals surface area contributed by atoms with E-state index in [1.807, 2.05) is 29.9 Å². The van der Waals surface area contributed by atoms with Gasteiger partial charge in [-0.3, -0.25) is 9.48 Å². The van der Waals surface area contributed by atoms with Crippen molar-refractivity contribution in [2.24, 2.45) is 0 Å². The summed E-state index contributed by atoms with van der Waals surface area (Å²) < 4.78 is 7.96. The molecule has 33 heavy (non-hydrogen) atoms. The van der Waals surface area contributed by atoms with E-state index in [-0.39, 0.29) is 23.6 Å². The highest BCUT2D eigenvalue weighted by Crippen LogP contribution is 2.32. The van der Waals surface area contributed by atoms with Crippen molar-refractivity contribution in [3.05, 3.63) is 47.9 Å². The highest BCUT2D eigenvalue weighted by Gasteiger charge is 2.23. The molecule has 1 aromatic carbocycles. The van der Waals surface area contributed by atoms with E-state index in [2.05, 4.69) is 38.4 Å². The smallest absolute Gasteiger partial charge is 0.263 e. The number of nitrogens with two attached hydrogens (primary N) is 1. The molecule has 1 atom stereocenters. The van der Waals surface area contributed by atoms with Crippen molar-refractivity contribution in [3.63, 3.8) is 0 Å². The first-order valence-corrected chi connectivity index (χ1v) is 11.4. The van der Waals surface area contributed by atoms with Crippen LogP contribution < -0.4 is 15.8 Å². The van der Waals surface area contributed by atoms with Crippen LogP contribution in [0.4, 0.5) is 5.82 Å². The highest BCUT2D eigenvalue weighted by molar-refractivity contribution is 5.79. The Kier molecular flexibility index (Phi) is 5.72. The molecule has 9 heteroatoms. The molecule has 2 aliphatic heterocycles. The van der Waals surface area contributed by atoms with Crippen molar-refractivity contribution in [1.82, 2.24) is 30.0 Å². The molecule has 2 aromatic heterocycles. The van der Waals surface area contributed by atoms with Gasteiger partial charge in [-0.2, -0.15) is 5.10 Å². The standard InChI is InChI=1S/C24H29N7O2/c1-15-9-16(20-3-4-22(32)28-20)11-17(10-15)21-13-26-23(25)24(29-21)33-19-12-27-31(14-19)18-5-7-30(2)8-6-18/h9-14,18,20H,3-8H2,1-2H3,(H2,25,26)(H,28,32)/t20-/m1/s1. The number of carbonyl (C=O) groups excluding carboxylic acids is 1. The van der Waals surface area contributed by atoms with Gasteiger partial charge in [-0.15, -0.1) is 0 Å². The lowest BCUT2D eigenvalue weighted by molar-refractivity contribution is -0.119. The Bertz CT molecular complexity index is 1170. The van der Waals surface area contributed by atoms with Crippen LogP contribution in [0.1, 0.15) is 48.9 Å². The van der Waals surface area contributed by atoms with E-state index in [4.69, 9.17) is 10.5 Å². The molecular formula is C24H29N7O2. The number of hydrogen-bond donors (Lipinski definition) is 2. The van der Waals surface area contributed by atoms with E-state index in [9.17, 15) is 4.79 Å². The van der Waals surface area contributed by atoms with Crippen LogP contribution in [0.2, 0.25) is 0 Å². The molecule has 2 aliphatic rings. The molecular weight excluding hydrogens is 418 g/mol. The number of anilines is 1. The number of aryl methyl sites for hydroxylation is 1. The van der Waals surface area contributed by atoms with Gasteiger partial charge in [-0.05, 0) is 64.0 Å². The second-order valence-corrected chi connectivity index (χ2v) is 9.03. The topological polar surface area (TPSA) is 111 Å². The number of nitrogens with one attached hydrogen (secondary N) is 1. The van der Waals surface area contributed by atoms with Crippen molar-refractivity contribution in [1.29, 1.82) is 0 Å². The van der Waals surface area contributed by atoms with Gasteiger partial charge in [0.1, 0.15) is 0 Å². The minimum absolute atomic E-state index is 0.0269. The lowest BCUT2D eigenvalue weighted by Crippen LogP contribution is -2.31. The number of carbonyl (C=O) groups is 1. The highest BCUT2D eigenvalue weighted by atomic mass is 16.5. The summed E-state index contributed by atoms with van der Waals surface area (Å²) in [5.74, 6) is 1.16. The maximum Gasteiger partial charge on any atom is 0.263 e. The Labute approximate surface area is 193 Å². The van der Waals surface area contributed by atoms with Gasteiger partial charge in [0.2, 0.25) is 5.91 Å². The fraction of sp³-hybridized carbons (Fsp3) is 0.417. The monoisotopic (exact) mass is 447 g/mol. The number of aromatic nitrogens is 4. The predicted octanol–water partition coefficient (Wildman–Crippen LogP) is 3.24. The molecule has 172 valence electrons. The minimum atomic E-state index is 0.0269. The Morgan fingerprint density at radius 3 is 2.73 bits per heavy atom. The Hall–Kier alpha value is -3.46. The maximum atomic E-state index is 11.7. The third-order valence-corrected chi connectivity index (χ3v) is 6.41. The molecule has 2 saturated heterocycles. The Morgan fingerprint density at radius 2 is 1.97 bits per heavy atom. The van der Waals surface area contributed by atoms with E-state index >= 15 is 0 Å². The van der Waals surface area contributed by atoms with Gasteiger partial charge in [-0.1, -0.05) is 11.6 Å². The number of piperidine rings is 1. The van der Waals surface area contributed by atoms with Crippen LogP contribution in [-0.2, 0) is 4.79 Å². The first-order chi connectivity index (χ1) is 15.9. The molecule has 0 saturated carbocycles. The summed E-state index contributed by atoms with van der Waals surface area (Å²) in [6.07, 6.45) is 8.72. The van der Waals surface area contributed by atoms with E-state index < -0.39 is 0 Å². The zero-order chi connectivity index (χ0) is 22.9. The van der Waals surface area contributed by atoms with Crippen molar-refractivity contribution in [2.45, 2.75) is 44.7 Å². The van der Waals surface area contributed by atoms with Gasteiger partial charge in [0.15, 0.2) is 11.6 Å². The fourth-order valence-corrected chi connectivity index (χ4v) is 4.57. The summed E-state index contributed by atoms with van der Waals surface area (Å²) in [5.41, 5.74) is 9.80. The maximum absolute atomic E-state index is 11.7. The molecule has 0 bridgehead atoms. The summed E-state index contributed by atoms with van der Waals surface area (Å²) in [6, 6.07) is 6.58. The number of rotatable bonds is 5. The normalized spacial score (nSPS) is 19.6. The number of ether oxygens (including phenoxy) is 1. The van der Waals surface area contributed by atoms with Gasteiger partial charge in [0.05, 0.1) is 36.4 Å². The van der Waals surface area contributed by atoms with Crippen LogP contribution in [0, 0.1) is 6.92 Å². The summed E-state index contributed by atoms with van der Waals surface area (Å²) in [4.78, 5) is 23.0. The molecule has 0 radical (unpaired) electrons. The van der Waals surface area contributed by atoms with Gasteiger partial charge in [0.25, 0.3) is 5.88 Å². The van der Waals surface area contributed by atoms with Crippen LogP contribution in [0.5, 0.6) is 11.6 Å². The molecule has 9 nitrogen and oxygen atoms in total. The van der Waals surface area contributed by atoms with Crippen molar-refractivity contribution < 1.29 is 9.53 Å². The molecule has 4 heterocycles. The molecule has 5 rings (SSSR count). The molecule has 3 N–H and O–H groups in total. The molecule has 0 spiro atoms. The average molecular weight is 448 g/mol. The lowest BCUT2D eigenvalue weighted by Gasteiger charge is -2.28. The average Bonchev–Trinajstić information content (AvgIpc) is 3.44. The number of likely N-dealkylation sites (tertiary alicyclic amines) is 1. The second-order valence-electron chi connectivity index (χ2n) is 9.03. The number of nitrogen functional groups attached to an aromatic ring is 1. The van der Waals surface area contributed by atoms with Crippen LogP contribution >= 0.6 is 0 Å². The third-order valence-electron chi connectivity index (χ3n) is 6.41. The van der Waals surface area contributed by atoms with Gasteiger partial charge in [0, 0.05) is 12.0 Å². The lowest BCUT2D eigenvalue weighted by atomic mass is 9.98. The number of benzene rings is 1. The Balaban J connectivity index is 1.37. The van der Waals surface area contributed by atoms with Gasteiger partial charge in [-0.25, -0.2) is 9.97 Å². The summed E-state index contributed by atoms with van der Waals surface area (Å²) >= 11 is 0. The number of hydrogen-bond acceptors (Lipinski definition) is 7. The molecule has 0 unspecified atom stereocenters. The fourth-order valence-electron chi connectivity index (χ4n) is 4.57. The van der Waals surface area contributed by atoms with E-state index in [0.29, 0.717) is 23.9 Å². The van der Waals surface area contributed by atoms with Crippen molar-refractivity contribution >= 4 is 11.7 Å². The zero-order valence-electron chi connectivity index (χ0n) is 19.0. The SMILES string of the molecule is Cc1cc(-c2cnc(N)c(Oc3cnn(C4CCN(C)CC4)c3)n2)cc([C@H]2CCC(=O)N2)c1. The van der Waals surface area contributed by atoms with Crippen LogP contribution in [-0.4, -0.2) is 50.7 Å². The van der Waals surface area contributed by atoms with E-state index in [0.717, 1.165) is 49.0 Å². The second kappa shape index (κ2) is 8.82. The Morgan fingerprint density at radius 1 is 1.15 bits per heavy atom. The first-order valence-electron chi connectivity index (χ1n) is 11.4. The number of nitrogens with zero attached hydrogens (tertiary/aromatic N) is 5. The summed E-state index contributed by atoms with van der Waals surface area (Å²) in [5, 5.41) is 7.52. The first kappa shape index (κ1) is 21.4. The third kappa shape index (κ3) is 4.68. The van der Waals surface area contributed by atoms with Gasteiger partial charge >= 0.3 is 0 Å². The molecule has 0 aliphatic carbocycles. The van der Waals surface area contributed by atoms with Crippen LogP contribution in [0.25, 0.3) is 11.3 Å². The summed E-state index contributed by atoms with van der Waals surface area (Å²) in [7, 11) is 2.14. The van der Waals surface area contributed by atoms with Crippen LogP contribution in [0.15, 0.2) is 36.8 Å². The molecule has 3 aromatic rings. The molecule has 2 fully saturated rings. The number of amides is 1. The van der Waals surface area contributed by atoms with E-state index in [1.165, 1.54) is 0 Å². The predicted molar refractivity (Wildman–Crippen MR) is 125 cm³/mol. The van der Waals surface area contributed by atoms with E-state index in [1.54, 1.807) is 12.4 Å². The van der Waals surface area contributed by atoms with Gasteiger partial charge < -0.3 is 20.7 Å². The summed E-state index contributed by atoms with van der Waals surface area (Å²) in [6.45, 7) is 4.15. The molecule has 1 amide bonds.